The van der Waals surface area contributed by atoms with Crippen molar-refractivity contribution in [3.63, 3.8) is 0 Å². The fraction of sp³-hybridized carbons (Fsp3) is 0.491. The molecule has 2 aromatic heterocycles. The highest BCUT2D eigenvalue weighted by atomic mass is 31.2. The Bertz CT molecular complexity index is 2670. The summed E-state index contributed by atoms with van der Waals surface area (Å²) in [5.41, 5.74) is 0.955. The molecule has 19 nitrogen and oxygen atoms in total. The predicted molar refractivity (Wildman–Crippen MR) is 274 cm³/mol. The Morgan fingerprint density at radius 3 is 2.11 bits per heavy atom. The van der Waals surface area contributed by atoms with Gasteiger partial charge in [-0.25, -0.2) is 14.4 Å². The van der Waals surface area contributed by atoms with Crippen molar-refractivity contribution in [2.75, 3.05) is 39.8 Å². The number of carbonyl (C=O) groups excluding carboxylic acids is 3. The molecule has 3 heterocycles. The zero-order valence-corrected chi connectivity index (χ0v) is 43.7. The number of nitrogens with zero attached hydrogens (tertiary/aromatic N) is 6. The summed E-state index contributed by atoms with van der Waals surface area (Å²) < 4.78 is 48.4. The van der Waals surface area contributed by atoms with Gasteiger partial charge in [0.15, 0.2) is 11.2 Å². The highest BCUT2D eigenvalue weighted by Gasteiger charge is 2.45. The summed E-state index contributed by atoms with van der Waals surface area (Å²) in [5, 5.41) is 12.3. The first-order valence-corrected chi connectivity index (χ1v) is 25.9. The molecule has 5 aromatic rings. The van der Waals surface area contributed by atoms with Crippen LogP contribution in [0.15, 0.2) is 90.0 Å². The molecule has 20 heteroatoms. The topological polar surface area (TPSA) is 222 Å². The van der Waals surface area contributed by atoms with Crippen molar-refractivity contribution in [2.24, 2.45) is 0 Å². The zero-order valence-electron chi connectivity index (χ0n) is 42.8. The number of hydrogen-bond donors (Lipinski definition) is 2. The van der Waals surface area contributed by atoms with Gasteiger partial charge in [-0.3, -0.25) is 24.5 Å². The van der Waals surface area contributed by atoms with Crippen molar-refractivity contribution < 1.29 is 47.1 Å². The SMILES string of the molecule is COc1ccc(C(OC[C@H]2O[C@@H](n3cnc4c(=O)[nH]c(NC(=O)N(C)C5CCC(OC(=O)CCC(C)=O)CC5)nc43)C[C@@H]2OP(OCCC#N)N(C(C)C)C(C)C)(c2ccccc2)c2ccc(OC)cc2)cc1. The molecule has 0 radical (unpaired) electrons. The van der Waals surface area contributed by atoms with Gasteiger partial charge in [0.05, 0.1) is 58.8 Å². The lowest BCUT2D eigenvalue weighted by atomic mass is 9.80. The molecule has 2 aliphatic rings. The van der Waals surface area contributed by atoms with Crippen molar-refractivity contribution in [3.8, 4) is 17.6 Å². The first-order chi connectivity index (χ1) is 35.1. The third kappa shape index (κ3) is 13.1. The summed E-state index contributed by atoms with van der Waals surface area (Å²) in [4.78, 5) is 64.3. The average Bonchev–Trinajstić information content (AvgIpc) is 4.00. The number of carbonyl (C=O) groups is 3. The second kappa shape index (κ2) is 25.1. The van der Waals surface area contributed by atoms with Gasteiger partial charge < -0.3 is 42.4 Å². The van der Waals surface area contributed by atoms with Crippen LogP contribution >= 0.6 is 8.53 Å². The lowest BCUT2D eigenvalue weighted by molar-refractivity contribution is -0.151. The minimum Gasteiger partial charge on any atom is -0.497 e. The number of amides is 2. The maximum Gasteiger partial charge on any atom is 0.324 e. The average molecular weight is 1020 g/mol. The fourth-order valence-corrected chi connectivity index (χ4v) is 11.2. The monoisotopic (exact) mass is 1020 g/mol. The van der Waals surface area contributed by atoms with Crippen LogP contribution in [0.2, 0.25) is 0 Å². The summed E-state index contributed by atoms with van der Waals surface area (Å²) in [5.74, 6) is 0.798. The number of hydrogen-bond acceptors (Lipinski definition) is 15. The van der Waals surface area contributed by atoms with E-state index in [1.165, 1.54) is 13.3 Å². The van der Waals surface area contributed by atoms with Crippen molar-refractivity contribution in [2.45, 2.75) is 134 Å². The molecule has 3 aromatic carbocycles. The summed E-state index contributed by atoms with van der Waals surface area (Å²) in [6, 6.07) is 27.0. The number of aromatic nitrogens is 4. The number of Topliss-reactive ketones (excluding diaryl/α,β-unsaturated/α-hetero) is 1. The summed E-state index contributed by atoms with van der Waals surface area (Å²) in [7, 11) is 3.16. The van der Waals surface area contributed by atoms with Crippen LogP contribution in [0.3, 0.4) is 0 Å². The molecule has 2 fully saturated rings. The lowest BCUT2D eigenvalue weighted by Crippen LogP contribution is -2.43. The van der Waals surface area contributed by atoms with Gasteiger partial charge in [0, 0.05) is 38.0 Å². The van der Waals surface area contributed by atoms with E-state index in [4.69, 9.17) is 37.7 Å². The summed E-state index contributed by atoms with van der Waals surface area (Å²) >= 11 is 0. The molecule has 0 spiro atoms. The molecule has 1 saturated carbocycles. The van der Waals surface area contributed by atoms with Gasteiger partial charge in [0.25, 0.3) is 14.1 Å². The van der Waals surface area contributed by atoms with Crippen molar-refractivity contribution in [3.05, 3.63) is 112 Å². The van der Waals surface area contributed by atoms with E-state index in [9.17, 15) is 24.4 Å². The number of rotatable bonds is 23. The first-order valence-electron chi connectivity index (χ1n) is 24.7. The van der Waals surface area contributed by atoms with Crippen LogP contribution in [-0.2, 0) is 38.4 Å². The molecule has 4 atom stereocenters. The number of methoxy groups -OCH3 is 2. The number of anilines is 1. The fourth-order valence-electron chi connectivity index (χ4n) is 9.45. The number of urea groups is 1. The minimum absolute atomic E-state index is 0.00264. The number of nitriles is 1. The number of benzene rings is 3. The molecule has 73 heavy (non-hydrogen) atoms. The van der Waals surface area contributed by atoms with Crippen molar-refractivity contribution >= 4 is 43.4 Å². The van der Waals surface area contributed by atoms with Gasteiger partial charge in [-0.2, -0.15) is 10.2 Å². The van der Waals surface area contributed by atoms with Crippen molar-refractivity contribution in [1.29, 1.82) is 5.26 Å². The molecule has 2 N–H and O–H groups in total. The Hall–Kier alpha value is -6.26. The van der Waals surface area contributed by atoms with Crippen LogP contribution in [0.5, 0.6) is 11.5 Å². The second-order valence-electron chi connectivity index (χ2n) is 18.8. The first kappa shape index (κ1) is 54.5. The number of ether oxygens (including phenoxy) is 5. The quantitative estimate of drug-likeness (QED) is 0.0270. The number of fused-ring (bicyclic) bond motifs is 1. The molecule has 7 rings (SSSR count). The standard InChI is InChI=1S/C53H67N8O11P/c1-34(2)61(35(3)4)73(69-30-12-29-54)72-44-31-46(71-45(44)32-68-53(37-13-10-9-11-14-37,38-16-22-41(66-7)23-17-38)39-18-24-42(67-8)25-19-39)60-33-55-48-49(60)56-51(57-50(48)64)58-52(65)59(6)40-20-26-43(27-21-40)70-47(63)28-15-36(5)62/h9-11,13-14,16-19,22-25,33-35,40,43-46H,12,15,20-21,26-28,30-32H2,1-8H3,(H2,56,57,58,64,65)/t40?,43?,44-,45+,46+,73?/m0/s1. The predicted octanol–water partition coefficient (Wildman–Crippen LogP) is 8.78. The number of H-pyrrole nitrogens is 1. The normalized spacial score (nSPS) is 19.5. The van der Waals surface area contributed by atoms with E-state index >= 15 is 0 Å². The number of ketones is 1. The van der Waals surface area contributed by atoms with E-state index in [0.29, 0.717) is 37.2 Å². The zero-order chi connectivity index (χ0) is 52.2. The molecule has 2 amide bonds. The Balaban J connectivity index is 1.20. The van der Waals surface area contributed by atoms with Crippen LogP contribution in [-0.4, -0.2) is 118 Å². The Morgan fingerprint density at radius 1 is 0.918 bits per heavy atom. The van der Waals surface area contributed by atoms with Gasteiger partial charge in [-0.15, -0.1) is 0 Å². The van der Waals surface area contributed by atoms with E-state index in [1.807, 2.05) is 78.9 Å². The lowest BCUT2D eigenvalue weighted by Gasteiger charge is -2.39. The Morgan fingerprint density at radius 2 is 1.53 bits per heavy atom. The van der Waals surface area contributed by atoms with Gasteiger partial charge in [0.1, 0.15) is 41.3 Å². The van der Waals surface area contributed by atoms with Crippen LogP contribution < -0.4 is 20.3 Å². The van der Waals surface area contributed by atoms with Gasteiger partial charge >= 0.3 is 12.0 Å². The van der Waals surface area contributed by atoms with E-state index in [1.54, 1.807) is 30.7 Å². The Labute approximate surface area is 427 Å². The molecule has 0 bridgehead atoms. The maximum absolute atomic E-state index is 13.7. The van der Waals surface area contributed by atoms with Gasteiger partial charge in [-0.1, -0.05) is 54.6 Å². The smallest absolute Gasteiger partial charge is 0.324 e. The molecular formula is C53H67N8O11P. The van der Waals surface area contributed by atoms with Crippen LogP contribution in [0.25, 0.3) is 11.2 Å². The summed E-state index contributed by atoms with van der Waals surface area (Å²) in [6.07, 6.45) is 1.90. The largest absolute Gasteiger partial charge is 0.497 e. The number of aromatic amines is 1. The third-order valence-corrected chi connectivity index (χ3v) is 15.3. The van der Waals surface area contributed by atoms with Crippen molar-refractivity contribution in [1.82, 2.24) is 29.1 Å². The number of imidazole rings is 1. The van der Waals surface area contributed by atoms with E-state index in [2.05, 4.69) is 53.7 Å². The van der Waals surface area contributed by atoms with Crippen LogP contribution in [0.4, 0.5) is 10.7 Å². The van der Waals surface area contributed by atoms with E-state index in [-0.39, 0.29) is 86.0 Å². The second-order valence-corrected chi connectivity index (χ2v) is 20.2. The van der Waals surface area contributed by atoms with Crippen LogP contribution in [0.1, 0.15) is 109 Å². The number of nitrogens with one attached hydrogen (secondary N) is 2. The molecule has 390 valence electrons. The maximum atomic E-state index is 13.7. The van der Waals surface area contributed by atoms with Gasteiger partial charge in [-0.05, 0) is 101 Å². The van der Waals surface area contributed by atoms with Crippen LogP contribution in [0, 0.1) is 11.3 Å². The molecule has 1 aliphatic carbocycles. The molecule has 1 saturated heterocycles. The summed E-state index contributed by atoms with van der Waals surface area (Å²) in [6.45, 7) is 9.86. The third-order valence-electron chi connectivity index (χ3n) is 13.2. The number of esters is 1. The van der Waals surface area contributed by atoms with Gasteiger partial charge in [0.2, 0.25) is 5.95 Å². The van der Waals surface area contributed by atoms with E-state index < -0.39 is 50.1 Å². The minimum atomic E-state index is -1.75. The van der Waals surface area contributed by atoms with E-state index in [0.717, 1.165) is 16.7 Å². The Kier molecular flexibility index (Phi) is 18.8. The highest BCUT2D eigenvalue weighted by Crippen LogP contribution is 2.51. The highest BCUT2D eigenvalue weighted by molar-refractivity contribution is 7.44. The molecular weight excluding hydrogens is 956 g/mol. The molecule has 1 unspecified atom stereocenters. The molecule has 1 aliphatic heterocycles.